The van der Waals surface area contributed by atoms with Crippen molar-refractivity contribution in [3.05, 3.63) is 63.5 Å². The first-order valence-corrected chi connectivity index (χ1v) is 5.83. The topological polar surface area (TPSA) is 72.6 Å². The van der Waals surface area contributed by atoms with Gasteiger partial charge in [-0.25, -0.2) is 4.39 Å². The number of non-ortho nitro benzene ring substituents is 1. The third-order valence-corrected chi connectivity index (χ3v) is 2.78. The van der Waals surface area contributed by atoms with E-state index in [1.807, 2.05) is 0 Å². The van der Waals surface area contributed by atoms with Crippen LogP contribution >= 0.6 is 0 Å². The molecule has 0 aliphatic carbocycles. The van der Waals surface area contributed by atoms with E-state index in [0.717, 1.165) is 6.07 Å². The van der Waals surface area contributed by atoms with Gasteiger partial charge < -0.3 is 9.84 Å². The van der Waals surface area contributed by atoms with Gasteiger partial charge >= 0.3 is 0 Å². The number of hydrogen-bond donors (Lipinski definition) is 1. The second-order valence-corrected chi connectivity index (χ2v) is 4.23. The molecule has 0 saturated heterocycles. The Labute approximate surface area is 114 Å². The van der Waals surface area contributed by atoms with E-state index in [1.165, 1.54) is 30.3 Å². The molecule has 5 nitrogen and oxygen atoms in total. The number of hydrogen-bond acceptors (Lipinski definition) is 4. The predicted molar refractivity (Wildman–Crippen MR) is 70.2 cm³/mol. The number of aliphatic hydroxyl groups is 1. The summed E-state index contributed by atoms with van der Waals surface area (Å²) in [6.45, 7) is 1.44. The number of aliphatic hydroxyl groups excluding tert-OH is 1. The maximum atomic E-state index is 13.7. The minimum atomic E-state index is -0.637. The fourth-order valence-corrected chi connectivity index (χ4v) is 1.66. The van der Waals surface area contributed by atoms with Gasteiger partial charge in [0.2, 0.25) is 0 Å². The Hall–Kier alpha value is -2.47. The van der Waals surface area contributed by atoms with Gasteiger partial charge in [-0.05, 0) is 36.2 Å². The summed E-state index contributed by atoms with van der Waals surface area (Å²) in [7, 11) is 0. The number of aryl methyl sites for hydroxylation is 1. The van der Waals surface area contributed by atoms with Gasteiger partial charge in [-0.1, -0.05) is 6.07 Å². The Bertz CT molecular complexity index is 658. The summed E-state index contributed by atoms with van der Waals surface area (Å²) in [4.78, 5) is 10.2. The summed E-state index contributed by atoms with van der Waals surface area (Å²) in [6.07, 6.45) is 0. The highest BCUT2D eigenvalue weighted by Crippen LogP contribution is 2.30. The van der Waals surface area contributed by atoms with E-state index < -0.39 is 10.7 Å². The monoisotopic (exact) mass is 277 g/mol. The molecule has 20 heavy (non-hydrogen) atoms. The van der Waals surface area contributed by atoms with Gasteiger partial charge in [0.05, 0.1) is 17.6 Å². The van der Waals surface area contributed by atoms with E-state index in [1.54, 1.807) is 6.92 Å². The average Bonchev–Trinajstić information content (AvgIpc) is 2.42. The first-order valence-electron chi connectivity index (χ1n) is 5.83. The summed E-state index contributed by atoms with van der Waals surface area (Å²) in [5.41, 5.74) is 0.949. The molecule has 0 aliphatic heterocycles. The molecule has 104 valence electrons. The number of nitro groups is 1. The van der Waals surface area contributed by atoms with E-state index in [9.17, 15) is 14.5 Å². The van der Waals surface area contributed by atoms with Crippen LogP contribution in [0.2, 0.25) is 0 Å². The van der Waals surface area contributed by atoms with Crippen LogP contribution in [0.15, 0.2) is 36.4 Å². The smallest absolute Gasteiger partial charge is 0.273 e. The molecule has 0 atom stereocenters. The molecule has 6 heteroatoms. The van der Waals surface area contributed by atoms with Crippen LogP contribution in [-0.2, 0) is 6.61 Å². The molecule has 0 heterocycles. The van der Waals surface area contributed by atoms with Crippen molar-refractivity contribution < 1.29 is 19.2 Å². The van der Waals surface area contributed by atoms with E-state index in [4.69, 9.17) is 9.84 Å². The highest BCUT2D eigenvalue weighted by Gasteiger charge is 2.12. The number of benzene rings is 2. The fourth-order valence-electron chi connectivity index (χ4n) is 1.66. The lowest BCUT2D eigenvalue weighted by Crippen LogP contribution is -1.94. The second kappa shape index (κ2) is 5.66. The first kappa shape index (κ1) is 14.0. The molecule has 0 aliphatic rings. The lowest BCUT2D eigenvalue weighted by atomic mass is 10.2. The number of ether oxygens (including phenoxy) is 1. The number of nitro benzene ring substituents is 1. The van der Waals surface area contributed by atoms with Crippen LogP contribution < -0.4 is 4.74 Å². The van der Waals surface area contributed by atoms with Gasteiger partial charge in [0.1, 0.15) is 5.75 Å². The number of nitrogens with zero attached hydrogens (tertiary/aromatic N) is 1. The van der Waals surface area contributed by atoms with Crippen molar-refractivity contribution in [3.8, 4) is 11.5 Å². The van der Waals surface area contributed by atoms with Crippen molar-refractivity contribution in [2.45, 2.75) is 13.5 Å². The summed E-state index contributed by atoms with van der Waals surface area (Å²) in [6, 6.07) is 8.18. The second-order valence-electron chi connectivity index (χ2n) is 4.23. The predicted octanol–water partition coefficient (Wildman–Crippen LogP) is 3.33. The molecule has 0 unspecified atom stereocenters. The van der Waals surface area contributed by atoms with E-state index in [-0.39, 0.29) is 23.8 Å². The molecule has 1 N–H and O–H groups in total. The lowest BCUT2D eigenvalue weighted by Gasteiger charge is -2.10. The molecule has 0 radical (unpaired) electrons. The van der Waals surface area contributed by atoms with Gasteiger partial charge in [-0.3, -0.25) is 10.1 Å². The summed E-state index contributed by atoms with van der Waals surface area (Å²) >= 11 is 0. The van der Waals surface area contributed by atoms with Crippen molar-refractivity contribution >= 4 is 5.69 Å². The van der Waals surface area contributed by atoms with Crippen molar-refractivity contribution in [1.29, 1.82) is 0 Å². The molecule has 0 amide bonds. The van der Waals surface area contributed by atoms with Crippen LogP contribution in [0.1, 0.15) is 11.1 Å². The SMILES string of the molecule is Cc1ccc([N+](=O)[O-])cc1Oc1ccc(CO)cc1F. The summed E-state index contributed by atoms with van der Waals surface area (Å²) in [5.74, 6) is -0.469. The van der Waals surface area contributed by atoms with E-state index in [2.05, 4.69) is 0 Å². The summed E-state index contributed by atoms with van der Waals surface area (Å²) in [5, 5.41) is 19.6. The van der Waals surface area contributed by atoms with Crippen LogP contribution in [0.3, 0.4) is 0 Å². The average molecular weight is 277 g/mol. The third kappa shape index (κ3) is 2.92. The zero-order valence-corrected chi connectivity index (χ0v) is 10.7. The van der Waals surface area contributed by atoms with Crippen LogP contribution in [0.4, 0.5) is 10.1 Å². The Balaban J connectivity index is 2.34. The van der Waals surface area contributed by atoms with Gasteiger partial charge in [-0.15, -0.1) is 0 Å². The molecule has 0 bridgehead atoms. The Morgan fingerprint density at radius 2 is 2.00 bits per heavy atom. The Morgan fingerprint density at radius 3 is 2.60 bits per heavy atom. The van der Waals surface area contributed by atoms with Crippen LogP contribution in [0.5, 0.6) is 11.5 Å². The molecule has 0 fully saturated rings. The minimum absolute atomic E-state index is 0.0502. The summed E-state index contributed by atoms with van der Waals surface area (Å²) < 4.78 is 19.1. The molecule has 2 aromatic rings. The quantitative estimate of drug-likeness (QED) is 0.687. The maximum Gasteiger partial charge on any atom is 0.273 e. The largest absolute Gasteiger partial charge is 0.454 e. The van der Waals surface area contributed by atoms with Crippen LogP contribution in [0, 0.1) is 22.9 Å². The van der Waals surface area contributed by atoms with Crippen LogP contribution in [-0.4, -0.2) is 10.0 Å². The molecule has 0 saturated carbocycles. The molecular weight excluding hydrogens is 265 g/mol. The maximum absolute atomic E-state index is 13.7. The zero-order chi connectivity index (χ0) is 14.7. The van der Waals surface area contributed by atoms with Crippen molar-refractivity contribution in [3.63, 3.8) is 0 Å². The Morgan fingerprint density at radius 1 is 1.25 bits per heavy atom. The van der Waals surface area contributed by atoms with Crippen molar-refractivity contribution in [2.75, 3.05) is 0 Å². The standard InChI is InChI=1S/C14H12FNO4/c1-9-2-4-11(16(18)19)7-14(9)20-13-5-3-10(8-17)6-12(13)15/h2-7,17H,8H2,1H3. The van der Waals surface area contributed by atoms with Gasteiger partial charge in [0, 0.05) is 6.07 Å². The molecule has 2 aromatic carbocycles. The molecule has 0 aromatic heterocycles. The van der Waals surface area contributed by atoms with Crippen molar-refractivity contribution in [2.24, 2.45) is 0 Å². The van der Waals surface area contributed by atoms with E-state index >= 15 is 0 Å². The highest BCUT2D eigenvalue weighted by atomic mass is 19.1. The zero-order valence-electron chi connectivity index (χ0n) is 10.7. The number of halogens is 1. The van der Waals surface area contributed by atoms with Gasteiger partial charge in [0.15, 0.2) is 11.6 Å². The van der Waals surface area contributed by atoms with Crippen LogP contribution in [0.25, 0.3) is 0 Å². The van der Waals surface area contributed by atoms with E-state index in [0.29, 0.717) is 11.1 Å². The van der Waals surface area contributed by atoms with Gasteiger partial charge in [-0.2, -0.15) is 0 Å². The Kier molecular flexibility index (Phi) is 3.95. The third-order valence-electron chi connectivity index (χ3n) is 2.78. The molecule has 0 spiro atoms. The fraction of sp³-hybridized carbons (Fsp3) is 0.143. The normalized spacial score (nSPS) is 10.3. The lowest BCUT2D eigenvalue weighted by molar-refractivity contribution is -0.384. The first-order chi connectivity index (χ1) is 9.51. The minimum Gasteiger partial charge on any atom is -0.454 e. The molecular formula is C14H12FNO4. The van der Waals surface area contributed by atoms with Gasteiger partial charge in [0.25, 0.3) is 5.69 Å². The highest BCUT2D eigenvalue weighted by molar-refractivity contribution is 5.46. The number of rotatable bonds is 4. The molecule has 2 rings (SSSR count). The van der Waals surface area contributed by atoms with Crippen molar-refractivity contribution in [1.82, 2.24) is 0 Å².